The molecule has 4 rings (SSSR count). The highest BCUT2D eigenvalue weighted by Crippen LogP contribution is 2.45. The molecule has 7 heteroatoms. The molecule has 2 aliphatic rings. The fourth-order valence-corrected chi connectivity index (χ4v) is 4.77. The third-order valence-electron chi connectivity index (χ3n) is 6.79. The third kappa shape index (κ3) is 4.78. The molecule has 0 saturated carbocycles. The lowest BCUT2D eigenvalue weighted by atomic mass is 9.83. The van der Waals surface area contributed by atoms with Crippen LogP contribution < -0.4 is 15.5 Å². The second-order valence-corrected chi connectivity index (χ2v) is 9.13. The van der Waals surface area contributed by atoms with Gasteiger partial charge in [-0.15, -0.1) is 0 Å². The predicted molar refractivity (Wildman–Crippen MR) is 132 cm³/mol. The first kappa shape index (κ1) is 24.1. The highest BCUT2D eigenvalue weighted by atomic mass is 16.3. The SMILES string of the molecule is C[C@H](/C=C/CCO)[C@@]1(O)C(=O)N(Cc2ccc(NC(=O)C3CCCNC3)cc2)c2ccccc21. The van der Waals surface area contributed by atoms with Crippen LogP contribution in [0.3, 0.4) is 0 Å². The molecule has 4 N–H and O–H groups in total. The molecule has 7 nitrogen and oxygen atoms in total. The van der Waals surface area contributed by atoms with Crippen molar-refractivity contribution in [3.8, 4) is 0 Å². The van der Waals surface area contributed by atoms with Crippen molar-refractivity contribution in [1.82, 2.24) is 5.32 Å². The summed E-state index contributed by atoms with van der Waals surface area (Å²) in [7, 11) is 0. The summed E-state index contributed by atoms with van der Waals surface area (Å²) in [4.78, 5) is 27.6. The zero-order chi connectivity index (χ0) is 24.1. The number of benzene rings is 2. The summed E-state index contributed by atoms with van der Waals surface area (Å²) in [5, 5.41) is 26.8. The van der Waals surface area contributed by atoms with Crippen molar-refractivity contribution in [2.45, 2.75) is 38.3 Å². The lowest BCUT2D eigenvalue weighted by Crippen LogP contribution is -2.44. The molecule has 3 atom stereocenters. The van der Waals surface area contributed by atoms with Crippen LogP contribution >= 0.6 is 0 Å². The minimum atomic E-state index is -1.66. The minimum Gasteiger partial charge on any atom is -0.396 e. The van der Waals surface area contributed by atoms with Crippen molar-refractivity contribution in [3.63, 3.8) is 0 Å². The van der Waals surface area contributed by atoms with Gasteiger partial charge in [0.15, 0.2) is 5.60 Å². The van der Waals surface area contributed by atoms with Gasteiger partial charge in [-0.05, 0) is 49.6 Å². The molecule has 0 radical (unpaired) electrons. The molecule has 2 heterocycles. The summed E-state index contributed by atoms with van der Waals surface area (Å²) in [6, 6.07) is 14.8. The Morgan fingerprint density at radius 1 is 1.26 bits per heavy atom. The Bertz CT molecular complexity index is 1050. The van der Waals surface area contributed by atoms with Crippen LogP contribution in [0.4, 0.5) is 11.4 Å². The molecule has 0 spiro atoms. The van der Waals surface area contributed by atoms with Crippen LogP contribution in [0.1, 0.15) is 37.3 Å². The Labute approximate surface area is 200 Å². The molecular formula is C27H33N3O4. The smallest absolute Gasteiger partial charge is 0.264 e. The summed E-state index contributed by atoms with van der Waals surface area (Å²) < 4.78 is 0. The number of aliphatic hydroxyl groups is 2. The monoisotopic (exact) mass is 463 g/mol. The molecule has 0 bridgehead atoms. The summed E-state index contributed by atoms with van der Waals surface area (Å²) in [5.41, 5.74) is 1.25. The second-order valence-electron chi connectivity index (χ2n) is 9.13. The van der Waals surface area contributed by atoms with Crippen LogP contribution in [0, 0.1) is 11.8 Å². The van der Waals surface area contributed by atoms with Gasteiger partial charge in [-0.25, -0.2) is 0 Å². The molecular weight excluding hydrogens is 430 g/mol. The summed E-state index contributed by atoms with van der Waals surface area (Å²) >= 11 is 0. The number of nitrogens with one attached hydrogen (secondary N) is 2. The van der Waals surface area contributed by atoms with E-state index >= 15 is 0 Å². The van der Waals surface area contributed by atoms with Crippen molar-refractivity contribution in [2.75, 3.05) is 29.9 Å². The maximum absolute atomic E-state index is 13.5. The van der Waals surface area contributed by atoms with E-state index in [0.717, 1.165) is 30.6 Å². The Morgan fingerprint density at radius 3 is 2.74 bits per heavy atom. The highest BCUT2D eigenvalue weighted by Gasteiger charge is 2.52. The van der Waals surface area contributed by atoms with Gasteiger partial charge in [-0.1, -0.05) is 49.4 Å². The van der Waals surface area contributed by atoms with Gasteiger partial charge in [0.2, 0.25) is 5.91 Å². The van der Waals surface area contributed by atoms with Crippen molar-refractivity contribution in [3.05, 3.63) is 71.8 Å². The van der Waals surface area contributed by atoms with Crippen molar-refractivity contribution < 1.29 is 19.8 Å². The van der Waals surface area contributed by atoms with E-state index in [0.29, 0.717) is 30.8 Å². The lowest BCUT2D eigenvalue weighted by molar-refractivity contribution is -0.139. The molecule has 0 aromatic heterocycles. The number of para-hydroxylation sites is 1. The average molecular weight is 464 g/mol. The molecule has 1 fully saturated rings. The lowest BCUT2D eigenvalue weighted by Gasteiger charge is -2.27. The summed E-state index contributed by atoms with van der Waals surface area (Å²) in [6.45, 7) is 3.81. The number of piperidine rings is 1. The van der Waals surface area contributed by atoms with E-state index in [-0.39, 0.29) is 24.3 Å². The fraction of sp³-hybridized carbons (Fsp3) is 0.407. The van der Waals surface area contributed by atoms with E-state index in [1.165, 1.54) is 0 Å². The van der Waals surface area contributed by atoms with Gasteiger partial charge in [0, 0.05) is 30.3 Å². The Kier molecular flexibility index (Phi) is 7.46. The van der Waals surface area contributed by atoms with Crippen molar-refractivity contribution >= 4 is 23.2 Å². The molecule has 2 amide bonds. The van der Waals surface area contributed by atoms with Crippen molar-refractivity contribution in [2.24, 2.45) is 11.8 Å². The van der Waals surface area contributed by atoms with E-state index in [1.54, 1.807) is 23.1 Å². The molecule has 0 aliphatic carbocycles. The topological polar surface area (TPSA) is 102 Å². The first-order valence-corrected chi connectivity index (χ1v) is 12.0. The Morgan fingerprint density at radius 2 is 2.03 bits per heavy atom. The third-order valence-corrected chi connectivity index (χ3v) is 6.79. The first-order chi connectivity index (χ1) is 16.4. The number of carbonyl (C=O) groups excluding carboxylic acids is 2. The quantitative estimate of drug-likeness (QED) is 0.451. The second kappa shape index (κ2) is 10.5. The number of fused-ring (bicyclic) bond motifs is 1. The molecule has 180 valence electrons. The number of nitrogens with zero attached hydrogens (tertiary/aromatic N) is 1. The molecule has 2 aromatic rings. The normalized spacial score (nSPS) is 23.2. The van der Waals surface area contributed by atoms with Crippen LogP contribution in [0.15, 0.2) is 60.7 Å². The maximum Gasteiger partial charge on any atom is 0.264 e. The molecule has 1 saturated heterocycles. The summed E-state index contributed by atoms with van der Waals surface area (Å²) in [5.74, 6) is -0.809. The standard InChI is InChI=1S/C27H33N3O4/c1-19(7-4-5-16-31)27(34)23-9-2-3-10-24(23)30(26(27)33)18-20-11-13-22(14-12-20)29-25(32)21-8-6-15-28-17-21/h2-4,7,9-14,19,21,28,31,34H,5-6,8,15-18H2,1H3,(H,29,32)/b7-4+/t19-,21?,27+/m1/s1. The average Bonchev–Trinajstić information content (AvgIpc) is 3.08. The molecule has 34 heavy (non-hydrogen) atoms. The van der Waals surface area contributed by atoms with Crippen LogP contribution in [-0.2, 0) is 21.7 Å². The van der Waals surface area contributed by atoms with Crippen LogP contribution in [0.5, 0.6) is 0 Å². The minimum absolute atomic E-state index is 0.0155. The van der Waals surface area contributed by atoms with Gasteiger partial charge in [-0.2, -0.15) is 0 Å². The zero-order valence-electron chi connectivity index (χ0n) is 19.5. The van der Waals surface area contributed by atoms with E-state index < -0.39 is 11.5 Å². The first-order valence-electron chi connectivity index (χ1n) is 12.0. The van der Waals surface area contributed by atoms with E-state index in [9.17, 15) is 14.7 Å². The van der Waals surface area contributed by atoms with Gasteiger partial charge in [0.25, 0.3) is 5.91 Å². The Hall–Kier alpha value is -3.00. The maximum atomic E-state index is 13.5. The largest absolute Gasteiger partial charge is 0.396 e. The molecule has 1 unspecified atom stereocenters. The van der Waals surface area contributed by atoms with Gasteiger partial charge in [-0.3, -0.25) is 9.59 Å². The van der Waals surface area contributed by atoms with Crippen LogP contribution in [0.2, 0.25) is 0 Å². The van der Waals surface area contributed by atoms with Crippen LogP contribution in [-0.4, -0.2) is 41.7 Å². The predicted octanol–water partition coefficient (Wildman–Crippen LogP) is 2.93. The highest BCUT2D eigenvalue weighted by molar-refractivity contribution is 6.07. The fourth-order valence-electron chi connectivity index (χ4n) is 4.77. The van der Waals surface area contributed by atoms with E-state index in [2.05, 4.69) is 10.6 Å². The van der Waals surface area contributed by atoms with Gasteiger partial charge in [0.05, 0.1) is 18.2 Å². The van der Waals surface area contributed by atoms with Crippen molar-refractivity contribution in [1.29, 1.82) is 0 Å². The van der Waals surface area contributed by atoms with Gasteiger partial charge in [0.1, 0.15) is 0 Å². The number of rotatable bonds is 8. The van der Waals surface area contributed by atoms with E-state index in [4.69, 9.17) is 5.11 Å². The number of aliphatic hydroxyl groups excluding tert-OH is 1. The number of hydrogen-bond donors (Lipinski definition) is 4. The van der Waals surface area contributed by atoms with Gasteiger partial charge >= 0.3 is 0 Å². The van der Waals surface area contributed by atoms with Crippen LogP contribution in [0.25, 0.3) is 0 Å². The molecule has 2 aliphatic heterocycles. The number of amides is 2. The van der Waals surface area contributed by atoms with E-state index in [1.807, 2.05) is 49.4 Å². The zero-order valence-corrected chi connectivity index (χ0v) is 19.5. The summed E-state index contributed by atoms with van der Waals surface area (Å²) in [6.07, 6.45) is 5.94. The Balaban J connectivity index is 1.49. The van der Waals surface area contributed by atoms with Gasteiger partial charge < -0.3 is 25.7 Å². The number of anilines is 2. The number of carbonyl (C=O) groups is 2. The number of hydrogen-bond acceptors (Lipinski definition) is 5. The molecule has 2 aromatic carbocycles.